The minimum atomic E-state index is -0.435. The predicted molar refractivity (Wildman–Crippen MR) is 82.4 cm³/mol. The third kappa shape index (κ3) is 4.71. The summed E-state index contributed by atoms with van der Waals surface area (Å²) < 4.78 is 11.1. The molecule has 3 nitrogen and oxygen atoms in total. The van der Waals surface area contributed by atoms with Crippen LogP contribution < -0.4 is 9.47 Å². The molecule has 1 aromatic carbocycles. The van der Waals surface area contributed by atoms with Crippen LogP contribution in [0.1, 0.15) is 58.6 Å². The maximum Gasteiger partial charge on any atom is 0.161 e. The number of benzene rings is 1. The molecule has 0 heterocycles. The molecule has 114 valence electrons. The highest BCUT2D eigenvalue weighted by Crippen LogP contribution is 2.33. The molecule has 0 fully saturated rings. The number of hydrogen-bond donors (Lipinski definition) is 1. The van der Waals surface area contributed by atoms with Crippen molar-refractivity contribution in [2.45, 2.75) is 53.1 Å². The minimum absolute atomic E-state index is 0.435. The normalized spacial score (nSPS) is 12.5. The van der Waals surface area contributed by atoms with Crippen LogP contribution in [0.3, 0.4) is 0 Å². The summed E-state index contributed by atoms with van der Waals surface area (Å²) in [5.41, 5.74) is 0.906. The lowest BCUT2D eigenvalue weighted by atomic mass is 9.93. The molecule has 1 rings (SSSR count). The summed E-state index contributed by atoms with van der Waals surface area (Å²) in [5.74, 6) is 2.02. The van der Waals surface area contributed by atoms with E-state index in [9.17, 15) is 5.11 Å². The number of aliphatic hydroxyl groups excluding tert-OH is 1. The Morgan fingerprint density at radius 1 is 0.950 bits per heavy atom. The fourth-order valence-corrected chi connectivity index (χ4v) is 2.35. The van der Waals surface area contributed by atoms with Gasteiger partial charge in [0.2, 0.25) is 0 Å². The Balaban J connectivity index is 2.86. The summed E-state index contributed by atoms with van der Waals surface area (Å²) in [4.78, 5) is 0. The summed E-state index contributed by atoms with van der Waals surface area (Å²) in [5, 5.41) is 10.4. The maximum atomic E-state index is 10.4. The zero-order chi connectivity index (χ0) is 15.0. The predicted octanol–water partition coefficient (Wildman–Crippen LogP) is 4.34. The van der Waals surface area contributed by atoms with Crippen LogP contribution in [0.25, 0.3) is 0 Å². The molecule has 1 N–H and O–H groups in total. The Morgan fingerprint density at radius 3 is 2.10 bits per heavy atom. The van der Waals surface area contributed by atoms with Gasteiger partial charge in [-0.3, -0.25) is 0 Å². The van der Waals surface area contributed by atoms with Crippen LogP contribution in [-0.2, 0) is 0 Å². The van der Waals surface area contributed by atoms with Crippen molar-refractivity contribution in [2.75, 3.05) is 13.2 Å². The first-order valence-corrected chi connectivity index (χ1v) is 7.73. The SMILES string of the molecule is CCOc1ccc(C(O)CC(CC)CC)cc1OCC. The van der Waals surface area contributed by atoms with Gasteiger partial charge in [0.15, 0.2) is 11.5 Å². The smallest absolute Gasteiger partial charge is 0.161 e. The van der Waals surface area contributed by atoms with Crippen molar-refractivity contribution in [2.24, 2.45) is 5.92 Å². The van der Waals surface area contributed by atoms with Gasteiger partial charge in [-0.05, 0) is 43.9 Å². The topological polar surface area (TPSA) is 38.7 Å². The number of ether oxygens (including phenoxy) is 2. The van der Waals surface area contributed by atoms with Gasteiger partial charge in [-0.1, -0.05) is 32.8 Å². The average Bonchev–Trinajstić information content (AvgIpc) is 2.46. The van der Waals surface area contributed by atoms with Crippen LogP contribution in [0, 0.1) is 5.92 Å². The molecule has 0 aliphatic heterocycles. The van der Waals surface area contributed by atoms with E-state index < -0.39 is 6.10 Å². The molecule has 0 saturated heterocycles. The van der Waals surface area contributed by atoms with Gasteiger partial charge in [-0.25, -0.2) is 0 Å². The Hall–Kier alpha value is -1.22. The van der Waals surface area contributed by atoms with E-state index >= 15 is 0 Å². The fourth-order valence-electron chi connectivity index (χ4n) is 2.35. The summed E-state index contributed by atoms with van der Waals surface area (Å²) in [6.45, 7) is 9.44. The van der Waals surface area contributed by atoms with Crippen molar-refractivity contribution in [3.8, 4) is 11.5 Å². The molecule has 0 spiro atoms. The van der Waals surface area contributed by atoms with Crippen molar-refractivity contribution in [3.63, 3.8) is 0 Å². The van der Waals surface area contributed by atoms with Gasteiger partial charge in [0, 0.05) is 0 Å². The van der Waals surface area contributed by atoms with E-state index in [4.69, 9.17) is 9.47 Å². The van der Waals surface area contributed by atoms with Crippen molar-refractivity contribution < 1.29 is 14.6 Å². The Morgan fingerprint density at radius 2 is 1.55 bits per heavy atom. The Labute approximate surface area is 122 Å². The molecule has 20 heavy (non-hydrogen) atoms. The monoisotopic (exact) mass is 280 g/mol. The lowest BCUT2D eigenvalue weighted by Gasteiger charge is -2.19. The van der Waals surface area contributed by atoms with Crippen LogP contribution in [0.15, 0.2) is 18.2 Å². The first-order chi connectivity index (χ1) is 9.65. The van der Waals surface area contributed by atoms with Gasteiger partial charge in [-0.15, -0.1) is 0 Å². The van der Waals surface area contributed by atoms with Gasteiger partial charge >= 0.3 is 0 Å². The van der Waals surface area contributed by atoms with E-state index in [0.717, 1.165) is 36.3 Å². The molecule has 0 aliphatic carbocycles. The van der Waals surface area contributed by atoms with Crippen molar-refractivity contribution >= 4 is 0 Å². The molecule has 0 saturated carbocycles. The molecule has 0 radical (unpaired) electrons. The third-order valence-corrected chi connectivity index (χ3v) is 3.66. The second kappa shape index (κ2) is 8.85. The molecule has 1 atom stereocenters. The summed E-state index contributed by atoms with van der Waals surface area (Å²) >= 11 is 0. The average molecular weight is 280 g/mol. The number of rotatable bonds is 9. The van der Waals surface area contributed by atoms with Gasteiger partial charge in [0.25, 0.3) is 0 Å². The highest BCUT2D eigenvalue weighted by atomic mass is 16.5. The van der Waals surface area contributed by atoms with E-state index in [0.29, 0.717) is 19.1 Å². The quantitative estimate of drug-likeness (QED) is 0.731. The molecular formula is C17H28O3. The largest absolute Gasteiger partial charge is 0.490 e. The van der Waals surface area contributed by atoms with Crippen molar-refractivity contribution in [3.05, 3.63) is 23.8 Å². The number of aliphatic hydroxyl groups is 1. The van der Waals surface area contributed by atoms with Crippen molar-refractivity contribution in [1.29, 1.82) is 0 Å². The third-order valence-electron chi connectivity index (χ3n) is 3.66. The van der Waals surface area contributed by atoms with Gasteiger partial charge in [0.1, 0.15) is 0 Å². The molecular weight excluding hydrogens is 252 g/mol. The van der Waals surface area contributed by atoms with Crippen LogP contribution in [0.4, 0.5) is 0 Å². The van der Waals surface area contributed by atoms with Crippen LogP contribution in [-0.4, -0.2) is 18.3 Å². The summed E-state index contributed by atoms with van der Waals surface area (Å²) in [6.07, 6.45) is 2.56. The Kier molecular flexibility index (Phi) is 7.45. The molecule has 0 bridgehead atoms. The van der Waals surface area contributed by atoms with Crippen LogP contribution in [0.5, 0.6) is 11.5 Å². The lowest BCUT2D eigenvalue weighted by molar-refractivity contribution is 0.140. The van der Waals surface area contributed by atoms with Gasteiger partial charge in [-0.2, -0.15) is 0 Å². The maximum absolute atomic E-state index is 10.4. The lowest BCUT2D eigenvalue weighted by Crippen LogP contribution is -2.07. The van der Waals surface area contributed by atoms with E-state index in [1.165, 1.54) is 0 Å². The molecule has 0 aromatic heterocycles. The molecule has 0 aliphatic rings. The molecule has 0 amide bonds. The Bertz CT molecular complexity index is 386. The second-order valence-electron chi connectivity index (χ2n) is 5.01. The van der Waals surface area contributed by atoms with Crippen LogP contribution in [0.2, 0.25) is 0 Å². The first-order valence-electron chi connectivity index (χ1n) is 7.73. The summed E-state index contributed by atoms with van der Waals surface area (Å²) in [7, 11) is 0. The first kappa shape index (κ1) is 16.8. The molecule has 1 aromatic rings. The van der Waals surface area contributed by atoms with Gasteiger partial charge in [0.05, 0.1) is 19.3 Å². The van der Waals surface area contributed by atoms with E-state index in [-0.39, 0.29) is 0 Å². The van der Waals surface area contributed by atoms with Crippen LogP contribution >= 0.6 is 0 Å². The second-order valence-corrected chi connectivity index (χ2v) is 5.01. The van der Waals surface area contributed by atoms with E-state index in [1.54, 1.807) is 0 Å². The van der Waals surface area contributed by atoms with Crippen molar-refractivity contribution in [1.82, 2.24) is 0 Å². The number of hydrogen-bond acceptors (Lipinski definition) is 3. The highest BCUT2D eigenvalue weighted by Gasteiger charge is 2.16. The highest BCUT2D eigenvalue weighted by molar-refractivity contribution is 5.43. The summed E-state index contributed by atoms with van der Waals surface area (Å²) in [6, 6.07) is 5.72. The minimum Gasteiger partial charge on any atom is -0.490 e. The van der Waals surface area contributed by atoms with E-state index in [1.807, 2.05) is 32.0 Å². The zero-order valence-electron chi connectivity index (χ0n) is 13.2. The fraction of sp³-hybridized carbons (Fsp3) is 0.647. The molecule has 3 heteroatoms. The molecule has 1 unspecified atom stereocenters. The zero-order valence-corrected chi connectivity index (χ0v) is 13.2. The van der Waals surface area contributed by atoms with Gasteiger partial charge < -0.3 is 14.6 Å². The van der Waals surface area contributed by atoms with E-state index in [2.05, 4.69) is 13.8 Å². The standard InChI is InChI=1S/C17H28O3/c1-5-13(6-2)11-15(18)14-9-10-16(19-7-3)17(12-14)20-8-4/h9-10,12-13,15,18H,5-8,11H2,1-4H3.